The number of amides is 1. The first kappa shape index (κ1) is 13.1. The number of aliphatic hydroxyl groups is 1. The lowest BCUT2D eigenvalue weighted by atomic mass is 9.93. The standard InChI is InChI=1S/C14H22N2O2/c1-15(2)14(18)7-4-8-16-9-11-5-3-6-13(17)12(11)10-16/h9-10,13,17H,3-8H2,1-2H3. The van der Waals surface area contributed by atoms with Gasteiger partial charge in [0.05, 0.1) is 6.10 Å². The third-order valence-corrected chi connectivity index (χ3v) is 3.59. The van der Waals surface area contributed by atoms with Gasteiger partial charge in [-0.1, -0.05) is 0 Å². The van der Waals surface area contributed by atoms with E-state index in [-0.39, 0.29) is 12.0 Å². The Morgan fingerprint density at radius 3 is 2.94 bits per heavy atom. The van der Waals surface area contributed by atoms with Gasteiger partial charge in [0, 0.05) is 45.0 Å². The summed E-state index contributed by atoms with van der Waals surface area (Å²) in [5.74, 6) is 0.173. The van der Waals surface area contributed by atoms with Crippen molar-refractivity contribution in [2.45, 2.75) is 44.8 Å². The predicted octanol–water partition coefficient (Wildman–Crippen LogP) is 1.73. The smallest absolute Gasteiger partial charge is 0.222 e. The molecule has 0 saturated heterocycles. The molecule has 2 rings (SSSR count). The quantitative estimate of drug-likeness (QED) is 0.884. The van der Waals surface area contributed by atoms with Gasteiger partial charge >= 0.3 is 0 Å². The van der Waals surface area contributed by atoms with E-state index in [1.165, 1.54) is 5.56 Å². The Balaban J connectivity index is 1.89. The maximum Gasteiger partial charge on any atom is 0.222 e. The van der Waals surface area contributed by atoms with Gasteiger partial charge in [-0.2, -0.15) is 0 Å². The van der Waals surface area contributed by atoms with Crippen molar-refractivity contribution in [2.75, 3.05) is 14.1 Å². The van der Waals surface area contributed by atoms with Gasteiger partial charge < -0.3 is 14.6 Å². The number of nitrogens with zero attached hydrogens (tertiary/aromatic N) is 2. The molecular formula is C14H22N2O2. The molecule has 1 aromatic heterocycles. The SMILES string of the molecule is CN(C)C(=O)CCCn1cc2c(c1)C(O)CCC2. The normalized spacial score (nSPS) is 18.5. The topological polar surface area (TPSA) is 45.5 Å². The van der Waals surface area contributed by atoms with Crippen LogP contribution in [-0.2, 0) is 17.8 Å². The van der Waals surface area contributed by atoms with Gasteiger partial charge in [-0.3, -0.25) is 4.79 Å². The summed E-state index contributed by atoms with van der Waals surface area (Å²) in [5.41, 5.74) is 2.35. The first-order valence-corrected chi connectivity index (χ1v) is 6.64. The van der Waals surface area contributed by atoms with E-state index in [1.807, 2.05) is 6.20 Å². The van der Waals surface area contributed by atoms with Crippen LogP contribution in [0.3, 0.4) is 0 Å². The average molecular weight is 250 g/mol. The van der Waals surface area contributed by atoms with E-state index in [9.17, 15) is 9.90 Å². The number of carbonyl (C=O) groups is 1. The summed E-state index contributed by atoms with van der Waals surface area (Å²) in [6, 6.07) is 0. The van der Waals surface area contributed by atoms with E-state index in [0.717, 1.165) is 37.8 Å². The summed E-state index contributed by atoms with van der Waals surface area (Å²) in [5, 5.41) is 9.89. The van der Waals surface area contributed by atoms with Crippen LogP contribution >= 0.6 is 0 Å². The number of rotatable bonds is 4. The molecule has 0 bridgehead atoms. The average Bonchev–Trinajstić information content (AvgIpc) is 2.73. The highest BCUT2D eigenvalue weighted by Crippen LogP contribution is 2.30. The van der Waals surface area contributed by atoms with E-state index >= 15 is 0 Å². The van der Waals surface area contributed by atoms with E-state index in [2.05, 4.69) is 10.8 Å². The maximum absolute atomic E-state index is 11.5. The first-order valence-electron chi connectivity index (χ1n) is 6.64. The fourth-order valence-electron chi connectivity index (χ4n) is 2.49. The highest BCUT2D eigenvalue weighted by Gasteiger charge is 2.19. The van der Waals surface area contributed by atoms with Crippen LogP contribution in [0, 0.1) is 0 Å². The lowest BCUT2D eigenvalue weighted by Gasteiger charge is -2.16. The third kappa shape index (κ3) is 2.93. The monoisotopic (exact) mass is 250 g/mol. The Labute approximate surface area is 108 Å². The van der Waals surface area contributed by atoms with Crippen molar-refractivity contribution in [3.63, 3.8) is 0 Å². The molecule has 0 saturated carbocycles. The Kier molecular flexibility index (Phi) is 4.07. The minimum absolute atomic E-state index is 0.173. The molecule has 1 atom stereocenters. The Hall–Kier alpha value is -1.29. The second-order valence-corrected chi connectivity index (χ2v) is 5.28. The highest BCUT2D eigenvalue weighted by molar-refractivity contribution is 5.75. The van der Waals surface area contributed by atoms with Crippen LogP contribution in [-0.4, -0.2) is 34.6 Å². The Morgan fingerprint density at radius 2 is 2.28 bits per heavy atom. The summed E-state index contributed by atoms with van der Waals surface area (Å²) < 4.78 is 2.11. The van der Waals surface area contributed by atoms with Crippen molar-refractivity contribution in [1.82, 2.24) is 9.47 Å². The number of carbonyl (C=O) groups excluding carboxylic acids is 1. The van der Waals surface area contributed by atoms with Crippen LogP contribution in [0.1, 0.15) is 42.9 Å². The van der Waals surface area contributed by atoms with Gasteiger partial charge in [0.15, 0.2) is 0 Å². The van der Waals surface area contributed by atoms with Crippen molar-refractivity contribution < 1.29 is 9.90 Å². The summed E-state index contributed by atoms with van der Waals surface area (Å²) in [6.45, 7) is 0.847. The van der Waals surface area contributed by atoms with Gasteiger partial charge in [-0.05, 0) is 31.2 Å². The molecule has 4 nitrogen and oxygen atoms in total. The lowest BCUT2D eigenvalue weighted by molar-refractivity contribution is -0.128. The van der Waals surface area contributed by atoms with Gasteiger partial charge in [-0.15, -0.1) is 0 Å². The van der Waals surface area contributed by atoms with Crippen LogP contribution in [0.4, 0.5) is 0 Å². The van der Waals surface area contributed by atoms with Crippen LogP contribution in [0.2, 0.25) is 0 Å². The molecule has 0 radical (unpaired) electrons. The van der Waals surface area contributed by atoms with Gasteiger partial charge in [0.2, 0.25) is 5.91 Å². The predicted molar refractivity (Wildman–Crippen MR) is 70.3 cm³/mol. The van der Waals surface area contributed by atoms with Crippen LogP contribution in [0.15, 0.2) is 12.4 Å². The zero-order valence-electron chi connectivity index (χ0n) is 11.2. The molecule has 1 aliphatic rings. The van der Waals surface area contributed by atoms with Gasteiger partial charge in [0.1, 0.15) is 0 Å². The number of hydrogen-bond donors (Lipinski definition) is 1. The van der Waals surface area contributed by atoms with Crippen LogP contribution in [0.5, 0.6) is 0 Å². The summed E-state index contributed by atoms with van der Waals surface area (Å²) in [7, 11) is 3.57. The number of aromatic nitrogens is 1. The molecule has 0 aromatic carbocycles. The molecule has 100 valence electrons. The zero-order valence-corrected chi connectivity index (χ0v) is 11.2. The molecule has 0 aliphatic heterocycles. The minimum atomic E-state index is -0.293. The molecule has 4 heteroatoms. The number of hydrogen-bond acceptors (Lipinski definition) is 2. The Morgan fingerprint density at radius 1 is 1.50 bits per heavy atom. The summed E-state index contributed by atoms with van der Waals surface area (Å²) in [4.78, 5) is 13.1. The zero-order chi connectivity index (χ0) is 13.1. The lowest BCUT2D eigenvalue weighted by Crippen LogP contribution is -2.21. The fourth-order valence-corrected chi connectivity index (χ4v) is 2.49. The highest BCUT2D eigenvalue weighted by atomic mass is 16.3. The molecule has 1 amide bonds. The number of fused-ring (bicyclic) bond motifs is 1. The molecular weight excluding hydrogens is 228 g/mol. The Bertz CT molecular complexity index is 423. The van der Waals surface area contributed by atoms with E-state index in [4.69, 9.17) is 0 Å². The van der Waals surface area contributed by atoms with Crippen molar-refractivity contribution >= 4 is 5.91 Å². The molecule has 1 aliphatic carbocycles. The van der Waals surface area contributed by atoms with Crippen molar-refractivity contribution in [2.24, 2.45) is 0 Å². The van der Waals surface area contributed by atoms with Crippen molar-refractivity contribution in [3.05, 3.63) is 23.5 Å². The molecule has 1 unspecified atom stereocenters. The largest absolute Gasteiger partial charge is 0.388 e. The first-order chi connectivity index (χ1) is 8.58. The van der Waals surface area contributed by atoms with Crippen molar-refractivity contribution in [3.8, 4) is 0 Å². The van der Waals surface area contributed by atoms with E-state index in [0.29, 0.717) is 6.42 Å². The summed E-state index contributed by atoms with van der Waals surface area (Å²) >= 11 is 0. The number of aryl methyl sites for hydroxylation is 2. The molecule has 0 fully saturated rings. The van der Waals surface area contributed by atoms with Crippen LogP contribution in [0.25, 0.3) is 0 Å². The van der Waals surface area contributed by atoms with Crippen molar-refractivity contribution in [1.29, 1.82) is 0 Å². The van der Waals surface area contributed by atoms with E-state index in [1.54, 1.807) is 19.0 Å². The summed E-state index contributed by atoms with van der Waals surface area (Å²) in [6.07, 6.45) is 8.30. The second-order valence-electron chi connectivity index (χ2n) is 5.28. The maximum atomic E-state index is 11.5. The molecule has 1 aromatic rings. The molecule has 18 heavy (non-hydrogen) atoms. The number of aliphatic hydroxyl groups excluding tert-OH is 1. The minimum Gasteiger partial charge on any atom is -0.388 e. The second kappa shape index (κ2) is 5.57. The third-order valence-electron chi connectivity index (χ3n) is 3.59. The van der Waals surface area contributed by atoms with Crippen LogP contribution < -0.4 is 0 Å². The molecule has 1 heterocycles. The van der Waals surface area contributed by atoms with Gasteiger partial charge in [-0.25, -0.2) is 0 Å². The van der Waals surface area contributed by atoms with E-state index < -0.39 is 0 Å². The molecule has 1 N–H and O–H groups in total. The molecule has 0 spiro atoms. The fraction of sp³-hybridized carbons (Fsp3) is 0.643. The van der Waals surface area contributed by atoms with Gasteiger partial charge in [0.25, 0.3) is 0 Å².